The zero-order valence-corrected chi connectivity index (χ0v) is 5.18. The maximum atomic E-state index is 10.6. The molecule has 1 rings (SSSR count). The molecule has 0 radical (unpaired) electrons. The third-order valence-corrected chi connectivity index (χ3v) is 1.58. The van der Waals surface area contributed by atoms with Crippen LogP contribution in [0.15, 0.2) is 0 Å². The Morgan fingerprint density at radius 1 is 1.56 bits per heavy atom. The molecule has 1 N–H and O–H groups in total. The summed E-state index contributed by atoms with van der Waals surface area (Å²) in [5.74, 6) is -1.08. The van der Waals surface area contributed by atoms with Crippen LogP contribution in [0.4, 0.5) is 0 Å². The predicted molar refractivity (Wildman–Crippen MR) is 29.9 cm³/mol. The lowest BCUT2D eigenvalue weighted by Crippen LogP contribution is -2.31. The quantitative estimate of drug-likeness (QED) is 0.454. The smallest absolute Gasteiger partial charge is 0.229 e. The topological polar surface area (TPSA) is 54.4 Å². The number of rotatable bonds is 0. The highest BCUT2D eigenvalue weighted by Gasteiger charge is 2.41. The highest BCUT2D eigenvalue weighted by atomic mass is 16.3. The highest BCUT2D eigenvalue weighted by molar-refractivity contribution is 6.42. The summed E-state index contributed by atoms with van der Waals surface area (Å²) in [5, 5.41) is 9.06. The number of hydrogen-bond donors (Lipinski definition) is 1. The average Bonchev–Trinajstić information content (AvgIpc) is 1.97. The molecule has 0 aromatic carbocycles. The van der Waals surface area contributed by atoms with Gasteiger partial charge in [-0.15, -0.1) is 0 Å². The molecule has 0 bridgehead atoms. The van der Waals surface area contributed by atoms with Gasteiger partial charge < -0.3 is 5.11 Å². The molecule has 9 heavy (non-hydrogen) atoms. The Bertz CT molecular complexity index is 169. The summed E-state index contributed by atoms with van der Waals surface area (Å²) in [6.45, 7) is 1.38. The van der Waals surface area contributed by atoms with Crippen LogP contribution in [0, 0.1) is 0 Å². The first-order valence-electron chi connectivity index (χ1n) is 2.84. The number of aliphatic hydroxyl groups is 1. The van der Waals surface area contributed by atoms with E-state index in [1.807, 2.05) is 0 Å². The van der Waals surface area contributed by atoms with Crippen LogP contribution in [0.25, 0.3) is 0 Å². The molecular formula is C6H8O3. The summed E-state index contributed by atoms with van der Waals surface area (Å²) in [4.78, 5) is 21.1. The zero-order chi connectivity index (χ0) is 7.07. The van der Waals surface area contributed by atoms with Crippen molar-refractivity contribution < 1.29 is 14.7 Å². The van der Waals surface area contributed by atoms with E-state index in [0.717, 1.165) is 0 Å². The predicted octanol–water partition coefficient (Wildman–Crippen LogP) is -0.331. The maximum Gasteiger partial charge on any atom is 0.229 e. The van der Waals surface area contributed by atoms with E-state index in [9.17, 15) is 9.59 Å². The molecule has 1 aliphatic carbocycles. The van der Waals surface area contributed by atoms with Crippen LogP contribution in [-0.4, -0.2) is 22.3 Å². The number of ketones is 2. The van der Waals surface area contributed by atoms with Crippen molar-refractivity contribution in [3.63, 3.8) is 0 Å². The van der Waals surface area contributed by atoms with Crippen molar-refractivity contribution in [1.82, 2.24) is 0 Å². The molecular weight excluding hydrogens is 120 g/mol. The SMILES string of the molecule is CC1(O)CCC(=O)C1=O. The first kappa shape index (κ1) is 6.42. The first-order valence-corrected chi connectivity index (χ1v) is 2.84. The second kappa shape index (κ2) is 1.64. The van der Waals surface area contributed by atoms with Gasteiger partial charge in [0.2, 0.25) is 11.6 Å². The molecule has 1 fully saturated rings. The van der Waals surface area contributed by atoms with Crippen LogP contribution in [0.1, 0.15) is 19.8 Å². The van der Waals surface area contributed by atoms with Gasteiger partial charge in [0.05, 0.1) is 0 Å². The summed E-state index contributed by atoms with van der Waals surface area (Å²) in [6.07, 6.45) is 0.483. The van der Waals surface area contributed by atoms with E-state index in [1.54, 1.807) is 0 Å². The van der Waals surface area contributed by atoms with Gasteiger partial charge in [0, 0.05) is 6.42 Å². The zero-order valence-electron chi connectivity index (χ0n) is 5.18. The van der Waals surface area contributed by atoms with Crippen molar-refractivity contribution >= 4 is 11.6 Å². The van der Waals surface area contributed by atoms with Gasteiger partial charge >= 0.3 is 0 Å². The molecule has 1 aliphatic rings. The lowest BCUT2D eigenvalue weighted by Gasteiger charge is -2.09. The molecule has 3 nitrogen and oxygen atoms in total. The van der Waals surface area contributed by atoms with Crippen LogP contribution in [-0.2, 0) is 9.59 Å². The summed E-state index contributed by atoms with van der Waals surface area (Å²) in [7, 11) is 0. The average molecular weight is 128 g/mol. The Morgan fingerprint density at radius 3 is 2.22 bits per heavy atom. The van der Waals surface area contributed by atoms with Crippen LogP contribution in [0.3, 0.4) is 0 Å². The Morgan fingerprint density at radius 2 is 2.11 bits per heavy atom. The number of hydrogen-bond acceptors (Lipinski definition) is 3. The molecule has 1 atom stereocenters. The van der Waals surface area contributed by atoms with E-state index in [-0.39, 0.29) is 12.8 Å². The van der Waals surface area contributed by atoms with Crippen molar-refractivity contribution in [3.05, 3.63) is 0 Å². The van der Waals surface area contributed by atoms with Gasteiger partial charge in [-0.25, -0.2) is 0 Å². The minimum absolute atomic E-state index is 0.200. The van der Waals surface area contributed by atoms with Crippen molar-refractivity contribution in [1.29, 1.82) is 0 Å². The summed E-state index contributed by atoms with van der Waals surface area (Å²) in [5.41, 5.74) is -1.36. The van der Waals surface area contributed by atoms with Crippen LogP contribution >= 0.6 is 0 Å². The third-order valence-electron chi connectivity index (χ3n) is 1.58. The van der Waals surface area contributed by atoms with Gasteiger partial charge in [-0.1, -0.05) is 0 Å². The molecule has 1 saturated carbocycles. The van der Waals surface area contributed by atoms with Crippen molar-refractivity contribution in [2.45, 2.75) is 25.4 Å². The molecule has 3 heteroatoms. The van der Waals surface area contributed by atoms with Gasteiger partial charge in [0.15, 0.2) is 0 Å². The van der Waals surface area contributed by atoms with E-state index >= 15 is 0 Å². The Hall–Kier alpha value is -0.700. The molecule has 0 amide bonds. The van der Waals surface area contributed by atoms with E-state index in [1.165, 1.54) is 6.92 Å². The molecule has 0 aromatic rings. The fourth-order valence-corrected chi connectivity index (χ4v) is 0.884. The normalized spacial score (nSPS) is 35.8. The fourth-order valence-electron chi connectivity index (χ4n) is 0.884. The second-order valence-corrected chi connectivity index (χ2v) is 2.53. The molecule has 1 unspecified atom stereocenters. The fraction of sp³-hybridized carbons (Fsp3) is 0.667. The summed E-state index contributed by atoms with van der Waals surface area (Å²) < 4.78 is 0. The first-order chi connectivity index (χ1) is 4.04. The second-order valence-electron chi connectivity index (χ2n) is 2.53. The molecule has 0 spiro atoms. The summed E-state index contributed by atoms with van der Waals surface area (Å²) in [6, 6.07) is 0. The van der Waals surface area contributed by atoms with Gasteiger partial charge in [0.25, 0.3) is 0 Å². The Balaban J connectivity index is 2.86. The minimum Gasteiger partial charge on any atom is -0.382 e. The van der Waals surface area contributed by atoms with Gasteiger partial charge in [-0.2, -0.15) is 0 Å². The Kier molecular flexibility index (Phi) is 1.17. The van der Waals surface area contributed by atoms with Gasteiger partial charge in [-0.05, 0) is 13.3 Å². The van der Waals surface area contributed by atoms with E-state index < -0.39 is 17.2 Å². The highest BCUT2D eigenvalue weighted by Crippen LogP contribution is 2.21. The molecule has 0 aromatic heterocycles. The molecule has 0 heterocycles. The van der Waals surface area contributed by atoms with Crippen molar-refractivity contribution in [2.24, 2.45) is 0 Å². The minimum atomic E-state index is -1.36. The number of Topliss-reactive ketones (excluding diaryl/α,β-unsaturated/α-hetero) is 2. The van der Waals surface area contributed by atoms with Gasteiger partial charge in [0.1, 0.15) is 5.60 Å². The van der Waals surface area contributed by atoms with Crippen LogP contribution in [0.5, 0.6) is 0 Å². The monoisotopic (exact) mass is 128 g/mol. The summed E-state index contributed by atoms with van der Waals surface area (Å²) >= 11 is 0. The lowest BCUT2D eigenvalue weighted by molar-refractivity contribution is -0.141. The Labute approximate surface area is 52.7 Å². The largest absolute Gasteiger partial charge is 0.382 e. The molecule has 0 saturated heterocycles. The standard InChI is InChI=1S/C6H8O3/c1-6(9)3-2-4(7)5(6)8/h9H,2-3H2,1H3. The van der Waals surface area contributed by atoms with Crippen molar-refractivity contribution in [3.8, 4) is 0 Å². The number of carbonyl (C=O) groups excluding carboxylic acids is 2. The third kappa shape index (κ3) is 0.876. The molecule has 50 valence electrons. The van der Waals surface area contributed by atoms with Crippen molar-refractivity contribution in [2.75, 3.05) is 0 Å². The number of carbonyl (C=O) groups is 2. The van der Waals surface area contributed by atoms with Crippen LogP contribution < -0.4 is 0 Å². The van der Waals surface area contributed by atoms with E-state index in [2.05, 4.69) is 0 Å². The maximum absolute atomic E-state index is 10.6. The van der Waals surface area contributed by atoms with E-state index in [0.29, 0.717) is 0 Å². The molecule has 0 aliphatic heterocycles. The lowest BCUT2D eigenvalue weighted by atomic mass is 10.1. The van der Waals surface area contributed by atoms with Crippen LogP contribution in [0.2, 0.25) is 0 Å². The van der Waals surface area contributed by atoms with E-state index in [4.69, 9.17) is 5.11 Å². The van der Waals surface area contributed by atoms with Gasteiger partial charge in [-0.3, -0.25) is 9.59 Å².